The summed E-state index contributed by atoms with van der Waals surface area (Å²) in [6, 6.07) is 12.8. The number of hydrogen-bond acceptors (Lipinski definition) is 4. The van der Waals surface area contributed by atoms with Crippen LogP contribution >= 0.6 is 47.4 Å². The highest BCUT2D eigenvalue weighted by Gasteiger charge is 2.37. The van der Waals surface area contributed by atoms with E-state index in [0.717, 1.165) is 29.1 Å². The SMILES string of the molecule is CN(C)CCCN1C(=O)C(O)C(c2ccc(Cl)cc2)Sc2ccc(Cl)cc21.Cl. The molecule has 28 heavy (non-hydrogen) atoms. The topological polar surface area (TPSA) is 43.8 Å². The van der Waals surface area contributed by atoms with Gasteiger partial charge in [0, 0.05) is 21.5 Å². The molecule has 3 rings (SSSR count). The molecule has 4 nitrogen and oxygen atoms in total. The van der Waals surface area contributed by atoms with E-state index in [1.54, 1.807) is 23.1 Å². The van der Waals surface area contributed by atoms with E-state index in [1.807, 2.05) is 38.4 Å². The number of thioether (sulfide) groups is 1. The van der Waals surface area contributed by atoms with Crippen LogP contribution in [0.1, 0.15) is 17.2 Å². The van der Waals surface area contributed by atoms with Crippen molar-refractivity contribution in [1.29, 1.82) is 0 Å². The minimum absolute atomic E-state index is 0. The third kappa shape index (κ3) is 5.35. The average Bonchev–Trinajstić information content (AvgIpc) is 2.72. The van der Waals surface area contributed by atoms with Gasteiger partial charge in [-0.05, 0) is 63.0 Å². The molecule has 0 fully saturated rings. The summed E-state index contributed by atoms with van der Waals surface area (Å²) in [4.78, 5) is 17.8. The number of fused-ring (bicyclic) bond motifs is 1. The summed E-state index contributed by atoms with van der Waals surface area (Å²) in [6.07, 6.45) is -0.352. The van der Waals surface area contributed by atoms with Crippen LogP contribution in [0.4, 0.5) is 5.69 Å². The highest BCUT2D eigenvalue weighted by Crippen LogP contribution is 2.46. The van der Waals surface area contributed by atoms with Crippen molar-refractivity contribution in [3.05, 3.63) is 58.1 Å². The monoisotopic (exact) mass is 460 g/mol. The molecule has 2 atom stereocenters. The predicted molar refractivity (Wildman–Crippen MR) is 120 cm³/mol. The Morgan fingerprint density at radius 1 is 1.11 bits per heavy atom. The van der Waals surface area contributed by atoms with Crippen molar-refractivity contribution in [2.75, 3.05) is 32.1 Å². The van der Waals surface area contributed by atoms with Gasteiger partial charge in [-0.15, -0.1) is 24.2 Å². The van der Waals surface area contributed by atoms with Crippen molar-refractivity contribution in [2.24, 2.45) is 0 Å². The van der Waals surface area contributed by atoms with E-state index < -0.39 is 11.4 Å². The van der Waals surface area contributed by atoms with Crippen LogP contribution in [0.5, 0.6) is 0 Å². The van der Waals surface area contributed by atoms with Crippen molar-refractivity contribution >= 4 is 59.0 Å². The number of hydrogen-bond donors (Lipinski definition) is 1. The molecule has 2 unspecified atom stereocenters. The van der Waals surface area contributed by atoms with Gasteiger partial charge in [-0.2, -0.15) is 0 Å². The Morgan fingerprint density at radius 3 is 2.39 bits per heavy atom. The van der Waals surface area contributed by atoms with Crippen LogP contribution in [0, 0.1) is 0 Å². The van der Waals surface area contributed by atoms with Gasteiger partial charge in [-0.1, -0.05) is 35.3 Å². The molecule has 0 bridgehead atoms. The number of carbonyl (C=O) groups excluding carboxylic acids is 1. The smallest absolute Gasteiger partial charge is 0.257 e. The van der Waals surface area contributed by atoms with Gasteiger partial charge < -0.3 is 14.9 Å². The number of anilines is 1. The molecule has 0 aromatic heterocycles. The fourth-order valence-corrected chi connectivity index (χ4v) is 4.63. The van der Waals surface area contributed by atoms with E-state index in [0.29, 0.717) is 16.6 Å². The lowest BCUT2D eigenvalue weighted by Gasteiger charge is -2.25. The molecule has 8 heteroatoms. The van der Waals surface area contributed by atoms with Crippen molar-refractivity contribution in [3.63, 3.8) is 0 Å². The Morgan fingerprint density at radius 2 is 1.75 bits per heavy atom. The second kappa shape index (κ2) is 10.2. The first-order valence-electron chi connectivity index (χ1n) is 8.72. The zero-order chi connectivity index (χ0) is 19.6. The van der Waals surface area contributed by atoms with Gasteiger partial charge in [0.2, 0.25) is 0 Å². The van der Waals surface area contributed by atoms with Gasteiger partial charge in [0.1, 0.15) is 6.10 Å². The normalized spacial score (nSPS) is 19.2. The molecule has 2 aromatic carbocycles. The standard InChI is InChI=1S/C20H22Cl2N2O2S.ClH/c1-23(2)10-3-11-24-16-12-15(22)8-9-17(16)27-19(18(25)20(24)26)13-4-6-14(21)7-5-13;/h4-9,12,18-19,25H,3,10-11H2,1-2H3;1H. The highest BCUT2D eigenvalue weighted by molar-refractivity contribution is 7.99. The van der Waals surface area contributed by atoms with Gasteiger partial charge in [-0.3, -0.25) is 4.79 Å². The van der Waals surface area contributed by atoms with Gasteiger partial charge in [0.05, 0.1) is 10.9 Å². The van der Waals surface area contributed by atoms with Crippen molar-refractivity contribution in [2.45, 2.75) is 22.7 Å². The Hall–Kier alpha value is -0.950. The predicted octanol–water partition coefficient (Wildman–Crippen LogP) is 4.91. The van der Waals surface area contributed by atoms with Crippen LogP contribution in [0.2, 0.25) is 10.0 Å². The summed E-state index contributed by atoms with van der Waals surface area (Å²) in [6.45, 7) is 1.37. The first-order chi connectivity index (χ1) is 12.9. The molecule has 1 aliphatic heterocycles. The highest BCUT2D eigenvalue weighted by atomic mass is 35.5. The van der Waals surface area contributed by atoms with Crippen LogP contribution in [0.3, 0.4) is 0 Å². The number of amides is 1. The third-order valence-electron chi connectivity index (χ3n) is 4.46. The number of carbonyl (C=O) groups is 1. The van der Waals surface area contributed by atoms with E-state index in [-0.39, 0.29) is 18.3 Å². The summed E-state index contributed by atoms with van der Waals surface area (Å²) in [7, 11) is 3.99. The number of benzene rings is 2. The summed E-state index contributed by atoms with van der Waals surface area (Å²) in [5.74, 6) is -0.303. The molecular weight excluding hydrogens is 439 g/mol. The van der Waals surface area contributed by atoms with Crippen molar-refractivity contribution in [1.82, 2.24) is 4.90 Å². The van der Waals surface area contributed by atoms with Crippen LogP contribution in [0.25, 0.3) is 0 Å². The first kappa shape index (κ1) is 23.3. The quantitative estimate of drug-likeness (QED) is 0.687. The summed E-state index contributed by atoms with van der Waals surface area (Å²) in [5.41, 5.74) is 1.62. The van der Waals surface area contributed by atoms with Gasteiger partial charge in [-0.25, -0.2) is 0 Å². The van der Waals surface area contributed by atoms with Crippen molar-refractivity contribution < 1.29 is 9.90 Å². The van der Waals surface area contributed by atoms with Crippen LogP contribution in [-0.2, 0) is 4.79 Å². The lowest BCUT2D eigenvalue weighted by Crippen LogP contribution is -2.41. The Balaban J connectivity index is 0.00000280. The molecular formula is C20H23Cl3N2O2S. The second-order valence-electron chi connectivity index (χ2n) is 6.79. The number of halogens is 3. The Labute approximate surface area is 186 Å². The van der Waals surface area contributed by atoms with Crippen LogP contribution in [0.15, 0.2) is 47.4 Å². The summed E-state index contributed by atoms with van der Waals surface area (Å²) in [5, 5.41) is 11.7. The number of aliphatic hydroxyl groups is 1. The van der Waals surface area contributed by atoms with E-state index in [2.05, 4.69) is 4.90 Å². The number of rotatable bonds is 5. The maximum atomic E-state index is 13.1. The van der Waals surface area contributed by atoms with Crippen LogP contribution in [-0.4, -0.2) is 49.2 Å². The largest absolute Gasteiger partial charge is 0.382 e. The van der Waals surface area contributed by atoms with E-state index >= 15 is 0 Å². The molecule has 0 radical (unpaired) electrons. The molecule has 152 valence electrons. The molecule has 0 saturated heterocycles. The van der Waals surface area contributed by atoms with Gasteiger partial charge in [0.15, 0.2) is 0 Å². The minimum atomic E-state index is -1.15. The van der Waals surface area contributed by atoms with Gasteiger partial charge >= 0.3 is 0 Å². The Kier molecular flexibility index (Phi) is 8.49. The lowest BCUT2D eigenvalue weighted by atomic mass is 10.1. The van der Waals surface area contributed by atoms with E-state index in [9.17, 15) is 9.90 Å². The molecule has 1 aliphatic rings. The molecule has 1 heterocycles. The Bertz CT molecular complexity index is 818. The lowest BCUT2D eigenvalue weighted by molar-refractivity contribution is -0.126. The maximum Gasteiger partial charge on any atom is 0.257 e. The summed E-state index contributed by atoms with van der Waals surface area (Å²) >= 11 is 13.7. The number of aliphatic hydroxyl groups excluding tert-OH is 1. The first-order valence-corrected chi connectivity index (χ1v) is 10.4. The summed E-state index contributed by atoms with van der Waals surface area (Å²) < 4.78 is 0. The zero-order valence-corrected chi connectivity index (χ0v) is 18.8. The van der Waals surface area contributed by atoms with Crippen molar-refractivity contribution in [3.8, 4) is 0 Å². The second-order valence-corrected chi connectivity index (χ2v) is 8.85. The zero-order valence-electron chi connectivity index (χ0n) is 15.6. The molecule has 0 aliphatic carbocycles. The number of nitrogens with zero attached hydrogens (tertiary/aromatic N) is 2. The fraction of sp³-hybridized carbons (Fsp3) is 0.350. The average molecular weight is 462 g/mol. The fourth-order valence-electron chi connectivity index (χ4n) is 3.09. The minimum Gasteiger partial charge on any atom is -0.382 e. The van der Waals surface area contributed by atoms with E-state index in [1.165, 1.54) is 11.8 Å². The molecule has 1 amide bonds. The molecule has 0 spiro atoms. The molecule has 0 saturated carbocycles. The molecule has 1 N–H and O–H groups in total. The van der Waals surface area contributed by atoms with Gasteiger partial charge in [0.25, 0.3) is 5.91 Å². The van der Waals surface area contributed by atoms with E-state index in [4.69, 9.17) is 23.2 Å². The molecule has 2 aromatic rings. The van der Waals surface area contributed by atoms with Crippen LogP contribution < -0.4 is 4.90 Å². The maximum absolute atomic E-state index is 13.1. The third-order valence-corrected chi connectivity index (χ3v) is 6.33.